The highest BCUT2D eigenvalue weighted by Gasteiger charge is 2.15. The van der Waals surface area contributed by atoms with Gasteiger partial charge in [-0.3, -0.25) is 4.99 Å². The fraction of sp³-hybridized carbons (Fsp3) is 0.500. The highest BCUT2D eigenvalue weighted by Crippen LogP contribution is 2.24. The molecule has 1 saturated heterocycles. The number of nitrogens with zero attached hydrogens (tertiary/aromatic N) is 3. The van der Waals surface area contributed by atoms with Crippen molar-refractivity contribution >= 4 is 58.0 Å². The normalized spacial score (nSPS) is 13.9. The third-order valence-electron chi connectivity index (χ3n) is 4.76. The van der Waals surface area contributed by atoms with E-state index in [1.807, 2.05) is 18.2 Å². The molecule has 3 rings (SSSR count). The molecule has 9 heteroatoms. The number of benzene rings is 1. The number of hydrogen-bond donors (Lipinski definition) is 2. The van der Waals surface area contributed by atoms with Crippen molar-refractivity contribution in [3.05, 3.63) is 39.9 Å². The second kappa shape index (κ2) is 12.4. The van der Waals surface area contributed by atoms with E-state index in [4.69, 9.17) is 21.3 Å². The summed E-state index contributed by atoms with van der Waals surface area (Å²) in [7, 11) is 3.42. The minimum absolute atomic E-state index is 0. The summed E-state index contributed by atoms with van der Waals surface area (Å²) in [5.74, 6) is 1.56. The molecule has 1 aliphatic rings. The number of aliphatic imine (C=N–C) groups is 1. The summed E-state index contributed by atoms with van der Waals surface area (Å²) in [6.45, 7) is 3.83. The predicted molar refractivity (Wildman–Crippen MR) is 134 cm³/mol. The Morgan fingerprint density at radius 2 is 1.97 bits per heavy atom. The topological polar surface area (TPSA) is 61.8 Å². The monoisotopic (exact) mass is 549 g/mol. The van der Waals surface area contributed by atoms with Gasteiger partial charge in [0.05, 0.1) is 12.8 Å². The van der Waals surface area contributed by atoms with Crippen molar-refractivity contribution in [3.63, 3.8) is 0 Å². The van der Waals surface area contributed by atoms with Gasteiger partial charge in [0, 0.05) is 50.1 Å². The summed E-state index contributed by atoms with van der Waals surface area (Å²) < 4.78 is 5.18. The lowest BCUT2D eigenvalue weighted by molar-refractivity contribution is 0.414. The average molecular weight is 550 g/mol. The van der Waals surface area contributed by atoms with E-state index >= 15 is 0 Å². The van der Waals surface area contributed by atoms with Gasteiger partial charge in [-0.05, 0) is 37.0 Å². The van der Waals surface area contributed by atoms with Crippen LogP contribution in [0.15, 0.2) is 28.6 Å². The number of guanidine groups is 1. The molecule has 0 saturated carbocycles. The Bertz CT molecular complexity index is 795. The smallest absolute Gasteiger partial charge is 0.190 e. The van der Waals surface area contributed by atoms with E-state index in [0.717, 1.165) is 72.1 Å². The zero-order valence-electron chi connectivity index (χ0n) is 16.9. The van der Waals surface area contributed by atoms with Gasteiger partial charge in [-0.15, -0.1) is 35.3 Å². The molecule has 6 nitrogen and oxygen atoms in total. The molecule has 0 bridgehead atoms. The zero-order valence-corrected chi connectivity index (χ0v) is 20.8. The van der Waals surface area contributed by atoms with Crippen molar-refractivity contribution in [1.29, 1.82) is 0 Å². The molecule has 0 spiro atoms. The van der Waals surface area contributed by atoms with E-state index in [1.54, 1.807) is 25.5 Å². The van der Waals surface area contributed by atoms with Gasteiger partial charge in [0.2, 0.25) is 0 Å². The number of aromatic nitrogens is 1. The molecule has 160 valence electrons. The highest BCUT2D eigenvalue weighted by atomic mass is 127. The molecule has 0 radical (unpaired) electrons. The Labute approximate surface area is 199 Å². The van der Waals surface area contributed by atoms with Crippen molar-refractivity contribution in [2.45, 2.75) is 25.7 Å². The van der Waals surface area contributed by atoms with Crippen LogP contribution in [-0.2, 0) is 12.8 Å². The van der Waals surface area contributed by atoms with Crippen molar-refractivity contribution in [2.75, 3.05) is 45.2 Å². The Balaban J connectivity index is 0.00000300. The second-order valence-corrected chi connectivity index (χ2v) is 7.94. The Morgan fingerprint density at radius 3 is 2.62 bits per heavy atom. The van der Waals surface area contributed by atoms with Crippen molar-refractivity contribution in [3.8, 4) is 5.75 Å². The van der Waals surface area contributed by atoms with E-state index in [9.17, 15) is 0 Å². The predicted octanol–water partition coefficient (Wildman–Crippen LogP) is 3.97. The first-order valence-corrected chi connectivity index (χ1v) is 10.9. The fourth-order valence-corrected chi connectivity index (χ4v) is 4.35. The lowest BCUT2D eigenvalue weighted by Crippen LogP contribution is -2.39. The van der Waals surface area contributed by atoms with Gasteiger partial charge >= 0.3 is 0 Å². The third kappa shape index (κ3) is 7.18. The summed E-state index contributed by atoms with van der Waals surface area (Å²) >= 11 is 8.04. The van der Waals surface area contributed by atoms with Gasteiger partial charge in [0.1, 0.15) is 5.75 Å². The summed E-state index contributed by atoms with van der Waals surface area (Å²) in [6, 6.07) is 5.77. The third-order valence-corrected chi connectivity index (χ3v) is 6.06. The molecular formula is C20H29ClIN5OS. The maximum absolute atomic E-state index is 6.29. The van der Waals surface area contributed by atoms with E-state index in [-0.39, 0.29) is 24.0 Å². The Hall–Kier alpha value is -1.26. The van der Waals surface area contributed by atoms with Crippen LogP contribution in [0.5, 0.6) is 5.75 Å². The molecular weight excluding hydrogens is 521 g/mol. The largest absolute Gasteiger partial charge is 0.497 e. The molecule has 0 atom stereocenters. The van der Waals surface area contributed by atoms with Crippen LogP contribution in [0.3, 0.4) is 0 Å². The quantitative estimate of drug-likeness (QED) is 0.296. The first-order valence-electron chi connectivity index (χ1n) is 9.66. The van der Waals surface area contributed by atoms with Gasteiger partial charge < -0.3 is 20.3 Å². The molecule has 2 aromatic rings. The average Bonchev–Trinajstić information content (AvgIpc) is 3.39. The van der Waals surface area contributed by atoms with E-state index < -0.39 is 0 Å². The lowest BCUT2D eigenvalue weighted by atomic mass is 10.1. The van der Waals surface area contributed by atoms with Crippen LogP contribution < -0.4 is 20.3 Å². The van der Waals surface area contributed by atoms with Gasteiger partial charge in [-0.2, -0.15) is 0 Å². The standard InChI is InChI=1S/C20H28ClN5OS.HI/c1-22-19(23-9-7-15-5-6-17(27-2)13-18(15)21)24-10-8-16-14-28-20(25-16)26-11-3-4-12-26;/h5-6,13-14H,3-4,7-12H2,1-2H3,(H2,22,23,24);1H. The molecule has 2 N–H and O–H groups in total. The van der Waals surface area contributed by atoms with Crippen LogP contribution in [0.2, 0.25) is 5.02 Å². The molecule has 29 heavy (non-hydrogen) atoms. The molecule has 0 amide bonds. The number of halogens is 2. The van der Waals surface area contributed by atoms with Crippen LogP contribution in [0.25, 0.3) is 0 Å². The lowest BCUT2D eigenvalue weighted by Gasteiger charge is -2.13. The molecule has 1 aromatic carbocycles. The van der Waals surface area contributed by atoms with Crippen LogP contribution >= 0.6 is 46.9 Å². The molecule has 1 aromatic heterocycles. The molecule has 1 fully saturated rings. The minimum atomic E-state index is 0. The maximum atomic E-state index is 6.29. The molecule has 0 unspecified atom stereocenters. The van der Waals surface area contributed by atoms with Gasteiger partial charge in [0.15, 0.2) is 11.1 Å². The van der Waals surface area contributed by atoms with Crippen molar-refractivity contribution < 1.29 is 4.74 Å². The minimum Gasteiger partial charge on any atom is -0.497 e. The van der Waals surface area contributed by atoms with Crippen LogP contribution in [0, 0.1) is 0 Å². The number of hydrogen-bond acceptors (Lipinski definition) is 5. The molecule has 0 aliphatic carbocycles. The number of nitrogens with one attached hydrogen (secondary N) is 2. The molecule has 2 heterocycles. The van der Waals surface area contributed by atoms with Gasteiger partial charge in [-0.1, -0.05) is 17.7 Å². The van der Waals surface area contributed by atoms with Gasteiger partial charge in [-0.25, -0.2) is 4.98 Å². The number of rotatable bonds is 8. The highest BCUT2D eigenvalue weighted by molar-refractivity contribution is 14.0. The fourth-order valence-electron chi connectivity index (χ4n) is 3.17. The number of anilines is 1. The number of ether oxygens (including phenoxy) is 1. The summed E-state index contributed by atoms with van der Waals surface area (Å²) in [5, 5.41) is 10.7. The van der Waals surface area contributed by atoms with Gasteiger partial charge in [0.25, 0.3) is 0 Å². The van der Waals surface area contributed by atoms with Crippen molar-refractivity contribution in [1.82, 2.24) is 15.6 Å². The summed E-state index contributed by atoms with van der Waals surface area (Å²) in [4.78, 5) is 11.4. The zero-order chi connectivity index (χ0) is 19.8. The van der Waals surface area contributed by atoms with Crippen molar-refractivity contribution in [2.24, 2.45) is 4.99 Å². The van der Waals surface area contributed by atoms with E-state index in [1.165, 1.54) is 12.8 Å². The first-order chi connectivity index (χ1) is 13.7. The summed E-state index contributed by atoms with van der Waals surface area (Å²) in [5.41, 5.74) is 2.22. The maximum Gasteiger partial charge on any atom is 0.190 e. The molecule has 1 aliphatic heterocycles. The SMILES string of the molecule is CN=C(NCCc1csc(N2CCCC2)n1)NCCc1ccc(OC)cc1Cl.I. The van der Waals surface area contributed by atoms with E-state index in [2.05, 4.69) is 25.9 Å². The first kappa shape index (κ1) is 24.0. The van der Waals surface area contributed by atoms with Crippen LogP contribution in [-0.4, -0.2) is 51.3 Å². The van der Waals surface area contributed by atoms with Crippen LogP contribution in [0.4, 0.5) is 5.13 Å². The Morgan fingerprint density at radius 1 is 1.24 bits per heavy atom. The summed E-state index contributed by atoms with van der Waals surface area (Å²) in [6.07, 6.45) is 4.25. The Kier molecular flexibility index (Phi) is 10.3. The second-order valence-electron chi connectivity index (χ2n) is 6.70. The van der Waals surface area contributed by atoms with Crippen LogP contribution in [0.1, 0.15) is 24.1 Å². The number of methoxy groups -OCH3 is 1. The number of thiazole rings is 1. The van der Waals surface area contributed by atoms with E-state index in [0.29, 0.717) is 0 Å².